The largest absolute Gasteiger partial charge is 0.378 e. The van der Waals surface area contributed by atoms with E-state index in [0.717, 1.165) is 11.3 Å². The van der Waals surface area contributed by atoms with Crippen LogP contribution in [0.25, 0.3) is 5.65 Å². The minimum Gasteiger partial charge on any atom is -0.378 e. The zero-order valence-corrected chi connectivity index (χ0v) is 13.3. The molecule has 2 aromatic heterocycles. The van der Waals surface area contributed by atoms with Gasteiger partial charge in [-0.1, -0.05) is 29.3 Å². The first kappa shape index (κ1) is 14.9. The Morgan fingerprint density at radius 1 is 1.18 bits per heavy atom. The van der Waals surface area contributed by atoms with Crippen molar-refractivity contribution in [2.45, 2.75) is 13.5 Å². The Balaban J connectivity index is 1.88. The summed E-state index contributed by atoms with van der Waals surface area (Å²) >= 11 is 12.1. The fraction of sp³-hybridized carbons (Fsp3) is 0.125. The number of halogens is 2. The van der Waals surface area contributed by atoms with Crippen LogP contribution in [0, 0.1) is 6.92 Å². The summed E-state index contributed by atoms with van der Waals surface area (Å²) in [5.74, 6) is 0. The molecule has 2 heterocycles. The van der Waals surface area contributed by atoms with E-state index in [9.17, 15) is 4.79 Å². The third-order valence-corrected chi connectivity index (χ3v) is 3.80. The van der Waals surface area contributed by atoms with Crippen molar-refractivity contribution < 1.29 is 0 Å². The number of nitrogens with zero attached hydrogens (tertiary/aromatic N) is 2. The van der Waals surface area contributed by atoms with Crippen molar-refractivity contribution in [3.63, 3.8) is 0 Å². The molecule has 0 saturated heterocycles. The molecule has 4 nitrogen and oxygen atoms in total. The second kappa shape index (κ2) is 5.99. The van der Waals surface area contributed by atoms with Crippen molar-refractivity contribution in [3.05, 3.63) is 74.3 Å². The molecule has 0 atom stereocenters. The number of aromatic nitrogens is 2. The molecule has 0 bridgehead atoms. The molecule has 0 aliphatic rings. The molecule has 6 heteroatoms. The summed E-state index contributed by atoms with van der Waals surface area (Å²) in [6.07, 6.45) is 1.56. The van der Waals surface area contributed by atoms with Crippen molar-refractivity contribution in [1.29, 1.82) is 0 Å². The van der Waals surface area contributed by atoms with Crippen LogP contribution >= 0.6 is 23.2 Å². The highest BCUT2D eigenvalue weighted by Gasteiger charge is 2.05. The monoisotopic (exact) mass is 333 g/mol. The Hall–Kier alpha value is -2.04. The predicted molar refractivity (Wildman–Crippen MR) is 90.0 cm³/mol. The number of rotatable bonds is 3. The van der Waals surface area contributed by atoms with E-state index in [4.69, 9.17) is 23.2 Å². The molecule has 1 N–H and O–H groups in total. The molecule has 0 fully saturated rings. The Morgan fingerprint density at radius 3 is 2.77 bits per heavy atom. The summed E-state index contributed by atoms with van der Waals surface area (Å²) in [4.78, 5) is 16.5. The number of aryl methyl sites for hydroxylation is 1. The number of pyridine rings is 1. The fourth-order valence-electron chi connectivity index (χ4n) is 2.17. The second-order valence-electron chi connectivity index (χ2n) is 5.00. The Bertz CT molecular complexity index is 906. The van der Waals surface area contributed by atoms with Gasteiger partial charge in [-0.05, 0) is 36.8 Å². The molecule has 22 heavy (non-hydrogen) atoms. The van der Waals surface area contributed by atoms with Crippen molar-refractivity contribution in [2.75, 3.05) is 5.32 Å². The van der Waals surface area contributed by atoms with Crippen molar-refractivity contribution in [1.82, 2.24) is 9.38 Å². The van der Waals surface area contributed by atoms with Crippen LogP contribution in [-0.4, -0.2) is 9.38 Å². The number of anilines is 1. The third kappa shape index (κ3) is 3.08. The maximum atomic E-state index is 12.1. The summed E-state index contributed by atoms with van der Waals surface area (Å²) < 4.78 is 1.42. The maximum absolute atomic E-state index is 12.1. The van der Waals surface area contributed by atoms with Crippen LogP contribution in [0.5, 0.6) is 0 Å². The average molecular weight is 334 g/mol. The van der Waals surface area contributed by atoms with Crippen molar-refractivity contribution in [3.8, 4) is 0 Å². The predicted octanol–water partition coefficient (Wildman–Crippen LogP) is 3.92. The molecule has 0 saturated carbocycles. The molecule has 112 valence electrons. The summed E-state index contributed by atoms with van der Waals surface area (Å²) in [6, 6.07) is 10.7. The highest BCUT2D eigenvalue weighted by atomic mass is 35.5. The first-order valence-electron chi connectivity index (χ1n) is 6.71. The van der Waals surface area contributed by atoms with Crippen LogP contribution in [0.4, 0.5) is 5.69 Å². The van der Waals surface area contributed by atoms with E-state index < -0.39 is 0 Å². The SMILES string of the molecule is Cc1ccc(NCc2cc(=O)n3cc(Cl)ccc3n2)c(Cl)c1. The average Bonchev–Trinajstić information content (AvgIpc) is 2.47. The zero-order valence-electron chi connectivity index (χ0n) is 11.8. The van der Waals surface area contributed by atoms with Crippen LogP contribution in [0.15, 0.2) is 47.4 Å². The van der Waals surface area contributed by atoms with Gasteiger partial charge in [0.2, 0.25) is 0 Å². The second-order valence-corrected chi connectivity index (χ2v) is 5.84. The minimum absolute atomic E-state index is 0.167. The number of fused-ring (bicyclic) bond motifs is 1. The molecule has 3 rings (SSSR count). The molecule has 0 aliphatic heterocycles. The molecule has 0 aliphatic carbocycles. The lowest BCUT2D eigenvalue weighted by molar-refractivity contribution is 0.971. The summed E-state index contributed by atoms with van der Waals surface area (Å²) in [5, 5.41) is 4.33. The van der Waals surface area contributed by atoms with Gasteiger partial charge in [-0.3, -0.25) is 9.20 Å². The smallest absolute Gasteiger partial charge is 0.258 e. The van der Waals surface area contributed by atoms with E-state index >= 15 is 0 Å². The quantitative estimate of drug-likeness (QED) is 0.790. The molecule has 3 aromatic rings. The van der Waals surface area contributed by atoms with Gasteiger partial charge in [-0.2, -0.15) is 0 Å². The van der Waals surface area contributed by atoms with Crippen molar-refractivity contribution in [2.24, 2.45) is 0 Å². The van der Waals surface area contributed by atoms with Crippen LogP contribution in [0.3, 0.4) is 0 Å². The Morgan fingerprint density at radius 2 is 2.00 bits per heavy atom. The molecule has 0 amide bonds. The summed E-state index contributed by atoms with van der Waals surface area (Å²) in [6.45, 7) is 2.39. The van der Waals surface area contributed by atoms with Gasteiger partial charge < -0.3 is 5.32 Å². The highest BCUT2D eigenvalue weighted by Crippen LogP contribution is 2.23. The third-order valence-electron chi connectivity index (χ3n) is 3.26. The number of nitrogens with one attached hydrogen (secondary N) is 1. The molecule has 1 aromatic carbocycles. The van der Waals surface area contributed by atoms with E-state index in [2.05, 4.69) is 10.3 Å². The van der Waals surface area contributed by atoms with Crippen LogP contribution < -0.4 is 10.9 Å². The van der Waals surface area contributed by atoms with Crippen molar-refractivity contribution >= 4 is 34.5 Å². The fourth-order valence-corrected chi connectivity index (χ4v) is 2.63. The van der Waals surface area contributed by atoms with E-state index in [1.807, 2.05) is 25.1 Å². The molecule has 0 unspecified atom stereocenters. The van der Waals surface area contributed by atoms with Gasteiger partial charge in [-0.25, -0.2) is 4.98 Å². The van der Waals surface area contributed by atoms with Gasteiger partial charge in [-0.15, -0.1) is 0 Å². The molecule has 0 radical (unpaired) electrons. The number of hydrogen-bond donors (Lipinski definition) is 1. The van der Waals surface area contributed by atoms with Gasteiger partial charge in [0, 0.05) is 12.3 Å². The number of hydrogen-bond acceptors (Lipinski definition) is 3. The minimum atomic E-state index is -0.167. The van der Waals surface area contributed by atoms with Gasteiger partial charge in [0.15, 0.2) is 0 Å². The number of benzene rings is 1. The van der Waals surface area contributed by atoms with Crippen LogP contribution in [0.2, 0.25) is 10.0 Å². The lowest BCUT2D eigenvalue weighted by atomic mass is 10.2. The lowest BCUT2D eigenvalue weighted by Crippen LogP contribution is -2.16. The zero-order chi connectivity index (χ0) is 15.7. The van der Waals surface area contributed by atoms with Crippen LogP contribution in [-0.2, 0) is 6.54 Å². The normalized spacial score (nSPS) is 10.9. The van der Waals surface area contributed by atoms with Gasteiger partial charge in [0.1, 0.15) is 5.65 Å². The molecular weight excluding hydrogens is 321 g/mol. The van der Waals surface area contributed by atoms with Gasteiger partial charge in [0.25, 0.3) is 5.56 Å². The Kier molecular flexibility index (Phi) is 4.05. The first-order chi connectivity index (χ1) is 10.5. The summed E-state index contributed by atoms with van der Waals surface area (Å²) in [7, 11) is 0. The first-order valence-corrected chi connectivity index (χ1v) is 7.46. The van der Waals surface area contributed by atoms with E-state index in [1.165, 1.54) is 10.5 Å². The highest BCUT2D eigenvalue weighted by molar-refractivity contribution is 6.33. The van der Waals surface area contributed by atoms with E-state index in [-0.39, 0.29) is 5.56 Å². The maximum Gasteiger partial charge on any atom is 0.258 e. The van der Waals surface area contributed by atoms with E-state index in [1.54, 1.807) is 18.3 Å². The van der Waals surface area contributed by atoms with Gasteiger partial charge in [0.05, 0.1) is 28.0 Å². The molecule has 0 spiro atoms. The standard InChI is InChI=1S/C16H13Cl2N3O/c1-10-2-4-14(13(18)6-10)19-8-12-7-16(22)21-9-11(17)3-5-15(21)20-12/h2-7,9,19H,8H2,1H3. The summed E-state index contributed by atoms with van der Waals surface area (Å²) in [5.41, 5.74) is 2.94. The topological polar surface area (TPSA) is 46.4 Å². The van der Waals surface area contributed by atoms with Gasteiger partial charge >= 0.3 is 0 Å². The Labute approximate surface area is 137 Å². The lowest BCUT2D eigenvalue weighted by Gasteiger charge is -2.09. The van der Waals surface area contributed by atoms with E-state index in [0.29, 0.717) is 27.9 Å². The van der Waals surface area contributed by atoms with Crippen LogP contribution in [0.1, 0.15) is 11.3 Å². The molecular formula is C16H13Cl2N3O.